The van der Waals surface area contributed by atoms with E-state index in [0.29, 0.717) is 25.4 Å². The zero-order valence-electron chi connectivity index (χ0n) is 12.3. The first kappa shape index (κ1) is 14.3. The van der Waals surface area contributed by atoms with Gasteiger partial charge in [-0.1, -0.05) is 60.7 Å². The SMILES string of the molecule is OC(CNC1CC1)(Cc1ccccc1)Cc1ccccc1. The van der Waals surface area contributed by atoms with Gasteiger partial charge in [0.2, 0.25) is 0 Å². The van der Waals surface area contributed by atoms with Gasteiger partial charge in [0.25, 0.3) is 0 Å². The van der Waals surface area contributed by atoms with E-state index >= 15 is 0 Å². The summed E-state index contributed by atoms with van der Waals surface area (Å²) in [5, 5.41) is 14.6. The van der Waals surface area contributed by atoms with Crippen LogP contribution in [0.1, 0.15) is 24.0 Å². The Morgan fingerprint density at radius 3 is 1.76 bits per heavy atom. The van der Waals surface area contributed by atoms with Crippen molar-refractivity contribution in [2.24, 2.45) is 0 Å². The molecule has 1 saturated carbocycles. The topological polar surface area (TPSA) is 32.3 Å². The fourth-order valence-corrected chi connectivity index (χ4v) is 2.76. The molecule has 1 aliphatic rings. The lowest BCUT2D eigenvalue weighted by Gasteiger charge is -2.29. The van der Waals surface area contributed by atoms with E-state index in [-0.39, 0.29) is 0 Å². The van der Waals surface area contributed by atoms with Crippen molar-refractivity contribution in [1.29, 1.82) is 0 Å². The molecule has 0 unspecified atom stereocenters. The van der Waals surface area contributed by atoms with Crippen molar-refractivity contribution in [3.05, 3.63) is 71.8 Å². The molecular formula is C19H23NO. The molecule has 110 valence electrons. The Bertz CT molecular complexity index is 507. The molecule has 0 saturated heterocycles. The van der Waals surface area contributed by atoms with E-state index in [2.05, 4.69) is 29.6 Å². The van der Waals surface area contributed by atoms with Crippen LogP contribution in [-0.2, 0) is 12.8 Å². The van der Waals surface area contributed by atoms with Crippen molar-refractivity contribution in [1.82, 2.24) is 5.32 Å². The van der Waals surface area contributed by atoms with E-state index in [1.54, 1.807) is 0 Å². The summed E-state index contributed by atoms with van der Waals surface area (Å²) in [5.74, 6) is 0. The highest BCUT2D eigenvalue weighted by Crippen LogP contribution is 2.23. The largest absolute Gasteiger partial charge is 0.388 e. The number of hydrogen-bond acceptors (Lipinski definition) is 2. The van der Waals surface area contributed by atoms with Crippen molar-refractivity contribution in [3.8, 4) is 0 Å². The Labute approximate surface area is 126 Å². The lowest BCUT2D eigenvalue weighted by atomic mass is 9.88. The van der Waals surface area contributed by atoms with Crippen molar-refractivity contribution in [3.63, 3.8) is 0 Å². The van der Waals surface area contributed by atoms with Gasteiger partial charge >= 0.3 is 0 Å². The number of nitrogens with one attached hydrogen (secondary N) is 1. The Hall–Kier alpha value is -1.64. The van der Waals surface area contributed by atoms with Gasteiger partial charge in [0.1, 0.15) is 0 Å². The van der Waals surface area contributed by atoms with Gasteiger partial charge in [-0.3, -0.25) is 0 Å². The van der Waals surface area contributed by atoms with Gasteiger partial charge in [0.15, 0.2) is 0 Å². The van der Waals surface area contributed by atoms with Gasteiger partial charge in [0.05, 0.1) is 5.60 Å². The minimum Gasteiger partial charge on any atom is -0.388 e. The van der Waals surface area contributed by atoms with Crippen molar-refractivity contribution in [2.45, 2.75) is 37.3 Å². The molecule has 1 fully saturated rings. The maximum atomic E-state index is 11.1. The molecule has 0 atom stereocenters. The third-order valence-corrected chi connectivity index (χ3v) is 4.05. The highest BCUT2D eigenvalue weighted by Gasteiger charge is 2.31. The molecule has 0 aliphatic heterocycles. The van der Waals surface area contributed by atoms with Gasteiger partial charge in [-0.05, 0) is 24.0 Å². The molecule has 2 N–H and O–H groups in total. The fourth-order valence-electron chi connectivity index (χ4n) is 2.76. The summed E-state index contributed by atoms with van der Waals surface area (Å²) in [6.45, 7) is 0.654. The van der Waals surface area contributed by atoms with Crippen LogP contribution in [0.3, 0.4) is 0 Å². The minimum atomic E-state index is -0.731. The van der Waals surface area contributed by atoms with Crippen LogP contribution in [0.25, 0.3) is 0 Å². The first-order chi connectivity index (χ1) is 10.2. The van der Waals surface area contributed by atoms with E-state index in [4.69, 9.17) is 0 Å². The maximum absolute atomic E-state index is 11.1. The normalized spacial score (nSPS) is 15.1. The quantitative estimate of drug-likeness (QED) is 0.818. The summed E-state index contributed by atoms with van der Waals surface area (Å²) in [6.07, 6.45) is 3.85. The molecule has 0 aromatic heterocycles. The Morgan fingerprint density at radius 1 is 0.857 bits per heavy atom. The summed E-state index contributed by atoms with van der Waals surface area (Å²) < 4.78 is 0. The number of benzene rings is 2. The van der Waals surface area contributed by atoms with Crippen molar-refractivity contribution in [2.75, 3.05) is 6.54 Å². The molecule has 2 heteroatoms. The van der Waals surface area contributed by atoms with Gasteiger partial charge in [-0.2, -0.15) is 0 Å². The Morgan fingerprint density at radius 2 is 1.33 bits per heavy atom. The van der Waals surface area contributed by atoms with Gasteiger partial charge in [-0.25, -0.2) is 0 Å². The molecule has 0 heterocycles. The molecule has 2 aromatic carbocycles. The molecule has 3 rings (SSSR count). The second kappa shape index (κ2) is 6.42. The van der Waals surface area contributed by atoms with Gasteiger partial charge in [0, 0.05) is 25.4 Å². The third kappa shape index (κ3) is 4.42. The molecule has 0 bridgehead atoms. The predicted molar refractivity (Wildman–Crippen MR) is 86.3 cm³/mol. The average Bonchev–Trinajstić information content (AvgIpc) is 3.31. The van der Waals surface area contributed by atoms with Gasteiger partial charge < -0.3 is 10.4 Å². The summed E-state index contributed by atoms with van der Waals surface area (Å²) in [6, 6.07) is 21.1. The summed E-state index contributed by atoms with van der Waals surface area (Å²) in [5.41, 5.74) is 1.65. The molecule has 0 radical (unpaired) electrons. The summed E-state index contributed by atoms with van der Waals surface area (Å²) in [7, 11) is 0. The van der Waals surface area contributed by atoms with Crippen LogP contribution < -0.4 is 5.32 Å². The summed E-state index contributed by atoms with van der Waals surface area (Å²) in [4.78, 5) is 0. The molecule has 0 amide bonds. The molecular weight excluding hydrogens is 258 g/mol. The average molecular weight is 281 g/mol. The lowest BCUT2D eigenvalue weighted by molar-refractivity contribution is 0.0405. The number of aliphatic hydroxyl groups is 1. The van der Waals surface area contributed by atoms with Crippen LogP contribution >= 0.6 is 0 Å². The highest BCUT2D eigenvalue weighted by molar-refractivity contribution is 5.22. The van der Waals surface area contributed by atoms with Crippen LogP contribution in [0.15, 0.2) is 60.7 Å². The molecule has 1 aliphatic carbocycles. The van der Waals surface area contributed by atoms with Crippen LogP contribution in [0.4, 0.5) is 0 Å². The maximum Gasteiger partial charge on any atom is 0.0851 e. The minimum absolute atomic E-state index is 0.614. The van der Waals surface area contributed by atoms with Gasteiger partial charge in [-0.15, -0.1) is 0 Å². The number of hydrogen-bond donors (Lipinski definition) is 2. The van der Waals surface area contributed by atoms with Crippen LogP contribution in [0, 0.1) is 0 Å². The highest BCUT2D eigenvalue weighted by atomic mass is 16.3. The summed E-state index contributed by atoms with van der Waals surface area (Å²) >= 11 is 0. The molecule has 21 heavy (non-hydrogen) atoms. The molecule has 2 nitrogen and oxygen atoms in total. The van der Waals surface area contributed by atoms with Crippen molar-refractivity contribution < 1.29 is 5.11 Å². The van der Waals surface area contributed by atoms with E-state index in [9.17, 15) is 5.11 Å². The van der Waals surface area contributed by atoms with Crippen LogP contribution in [-0.4, -0.2) is 23.3 Å². The Kier molecular flexibility index (Phi) is 4.37. The van der Waals surface area contributed by atoms with Crippen molar-refractivity contribution >= 4 is 0 Å². The monoisotopic (exact) mass is 281 g/mol. The van der Waals surface area contributed by atoms with E-state index in [1.165, 1.54) is 24.0 Å². The Balaban J connectivity index is 1.72. The van der Waals surface area contributed by atoms with E-state index < -0.39 is 5.60 Å². The predicted octanol–water partition coefficient (Wildman–Crippen LogP) is 2.95. The molecule has 0 spiro atoms. The molecule has 2 aromatic rings. The zero-order valence-corrected chi connectivity index (χ0v) is 12.3. The fraction of sp³-hybridized carbons (Fsp3) is 0.368. The van der Waals surface area contributed by atoms with Crippen LogP contribution in [0.5, 0.6) is 0 Å². The third-order valence-electron chi connectivity index (χ3n) is 4.05. The first-order valence-corrected chi connectivity index (χ1v) is 7.77. The number of rotatable bonds is 7. The standard InChI is InChI=1S/C19H23NO/c21-19(15-20-18-11-12-18,13-16-7-3-1-4-8-16)14-17-9-5-2-6-10-17/h1-10,18,20-21H,11-15H2. The second-order valence-corrected chi connectivity index (χ2v) is 6.20. The first-order valence-electron chi connectivity index (χ1n) is 7.77. The second-order valence-electron chi connectivity index (χ2n) is 6.20. The van der Waals surface area contributed by atoms with Crippen LogP contribution in [0.2, 0.25) is 0 Å². The smallest absolute Gasteiger partial charge is 0.0851 e. The van der Waals surface area contributed by atoms with E-state index in [0.717, 1.165) is 0 Å². The lowest BCUT2D eigenvalue weighted by Crippen LogP contribution is -2.45. The zero-order chi connectivity index (χ0) is 14.5. The van der Waals surface area contributed by atoms with E-state index in [1.807, 2.05) is 36.4 Å².